The SMILES string of the molecule is CC(C)(C)OC(=O)N[C@@H]1CCSC[C@@H]1CN. The van der Waals surface area contributed by atoms with Gasteiger partial charge >= 0.3 is 6.09 Å². The van der Waals surface area contributed by atoms with Gasteiger partial charge in [-0.15, -0.1) is 0 Å². The molecule has 0 aromatic carbocycles. The van der Waals surface area contributed by atoms with Crippen LogP contribution in [0.2, 0.25) is 0 Å². The van der Waals surface area contributed by atoms with Gasteiger partial charge in [-0.05, 0) is 45.2 Å². The Balaban J connectivity index is 2.42. The topological polar surface area (TPSA) is 64.3 Å². The molecule has 2 atom stereocenters. The summed E-state index contributed by atoms with van der Waals surface area (Å²) in [5.41, 5.74) is 5.25. The first kappa shape index (κ1) is 13.6. The largest absolute Gasteiger partial charge is 0.444 e. The van der Waals surface area contributed by atoms with Crippen molar-refractivity contribution in [3.63, 3.8) is 0 Å². The van der Waals surface area contributed by atoms with Crippen molar-refractivity contribution in [3.8, 4) is 0 Å². The number of carbonyl (C=O) groups is 1. The lowest BCUT2D eigenvalue weighted by atomic mass is 9.99. The van der Waals surface area contributed by atoms with Crippen molar-refractivity contribution >= 4 is 17.9 Å². The normalized spacial score (nSPS) is 26.2. The molecule has 16 heavy (non-hydrogen) atoms. The minimum absolute atomic E-state index is 0.168. The van der Waals surface area contributed by atoms with Gasteiger partial charge in [-0.2, -0.15) is 11.8 Å². The zero-order valence-corrected chi connectivity index (χ0v) is 11.1. The number of carbonyl (C=O) groups excluding carboxylic acids is 1. The summed E-state index contributed by atoms with van der Waals surface area (Å²) >= 11 is 1.90. The Labute approximate surface area is 102 Å². The van der Waals surface area contributed by atoms with Crippen molar-refractivity contribution in [1.29, 1.82) is 0 Å². The predicted molar refractivity (Wildman–Crippen MR) is 67.6 cm³/mol. The molecule has 1 saturated heterocycles. The van der Waals surface area contributed by atoms with Gasteiger partial charge < -0.3 is 15.8 Å². The smallest absolute Gasteiger partial charge is 0.407 e. The molecule has 0 spiro atoms. The maximum atomic E-state index is 11.6. The summed E-state index contributed by atoms with van der Waals surface area (Å²) in [7, 11) is 0. The van der Waals surface area contributed by atoms with Gasteiger partial charge in [0.05, 0.1) is 0 Å². The highest BCUT2D eigenvalue weighted by Gasteiger charge is 2.27. The molecule has 1 fully saturated rings. The van der Waals surface area contributed by atoms with Crippen LogP contribution in [0.3, 0.4) is 0 Å². The molecule has 94 valence electrons. The number of nitrogens with two attached hydrogens (primary N) is 1. The van der Waals surface area contributed by atoms with E-state index in [1.807, 2.05) is 32.5 Å². The van der Waals surface area contributed by atoms with Gasteiger partial charge in [-0.1, -0.05) is 0 Å². The molecule has 1 rings (SSSR count). The van der Waals surface area contributed by atoms with Crippen molar-refractivity contribution in [3.05, 3.63) is 0 Å². The minimum atomic E-state index is -0.439. The molecular formula is C11H22N2O2S. The molecule has 0 aromatic rings. The zero-order chi connectivity index (χ0) is 12.2. The van der Waals surface area contributed by atoms with Crippen LogP contribution in [0.25, 0.3) is 0 Å². The van der Waals surface area contributed by atoms with Crippen LogP contribution >= 0.6 is 11.8 Å². The summed E-state index contributed by atoms with van der Waals surface area (Å²) in [5.74, 6) is 2.47. The van der Waals surface area contributed by atoms with Crippen LogP contribution in [0.15, 0.2) is 0 Å². The Hall–Kier alpha value is -0.420. The Bertz CT molecular complexity index is 241. The first-order chi connectivity index (χ1) is 7.42. The van der Waals surface area contributed by atoms with E-state index in [0.29, 0.717) is 12.5 Å². The van der Waals surface area contributed by atoms with E-state index in [4.69, 9.17) is 10.5 Å². The van der Waals surface area contributed by atoms with Crippen LogP contribution in [-0.2, 0) is 4.74 Å². The average Bonchev–Trinajstić information content (AvgIpc) is 2.15. The quantitative estimate of drug-likeness (QED) is 0.776. The number of hydrogen-bond donors (Lipinski definition) is 2. The highest BCUT2D eigenvalue weighted by Crippen LogP contribution is 2.22. The highest BCUT2D eigenvalue weighted by molar-refractivity contribution is 7.99. The lowest BCUT2D eigenvalue weighted by Crippen LogP contribution is -2.47. The van der Waals surface area contributed by atoms with Crippen LogP contribution < -0.4 is 11.1 Å². The van der Waals surface area contributed by atoms with Gasteiger partial charge in [-0.25, -0.2) is 4.79 Å². The fraction of sp³-hybridized carbons (Fsp3) is 0.909. The average molecular weight is 246 g/mol. The first-order valence-corrected chi connectivity index (χ1v) is 6.85. The number of rotatable bonds is 2. The van der Waals surface area contributed by atoms with E-state index in [0.717, 1.165) is 17.9 Å². The van der Waals surface area contributed by atoms with E-state index in [2.05, 4.69) is 5.32 Å². The van der Waals surface area contributed by atoms with Crippen LogP contribution in [0.1, 0.15) is 27.2 Å². The van der Waals surface area contributed by atoms with E-state index in [-0.39, 0.29) is 12.1 Å². The number of nitrogens with one attached hydrogen (secondary N) is 1. The summed E-state index contributed by atoms with van der Waals surface area (Å²) in [4.78, 5) is 11.6. The zero-order valence-electron chi connectivity index (χ0n) is 10.3. The fourth-order valence-electron chi connectivity index (χ4n) is 1.68. The predicted octanol–water partition coefficient (Wildman–Crippen LogP) is 1.59. The third kappa shape index (κ3) is 4.61. The van der Waals surface area contributed by atoms with Gasteiger partial charge in [-0.3, -0.25) is 0 Å². The monoisotopic (exact) mass is 246 g/mol. The molecule has 1 aliphatic rings. The Kier molecular flexibility index (Phi) is 4.92. The van der Waals surface area contributed by atoms with Gasteiger partial charge in [0.2, 0.25) is 0 Å². The van der Waals surface area contributed by atoms with Crippen molar-refractivity contribution in [2.45, 2.75) is 38.8 Å². The number of thioether (sulfide) groups is 1. The van der Waals surface area contributed by atoms with Crippen LogP contribution in [0.5, 0.6) is 0 Å². The Morgan fingerprint density at radius 1 is 1.56 bits per heavy atom. The van der Waals surface area contributed by atoms with E-state index in [1.165, 1.54) is 0 Å². The number of alkyl carbamates (subject to hydrolysis) is 1. The summed E-state index contributed by atoms with van der Waals surface area (Å²) in [6.45, 7) is 6.21. The Morgan fingerprint density at radius 2 is 2.25 bits per heavy atom. The summed E-state index contributed by atoms with van der Waals surface area (Å²) in [5, 5.41) is 2.92. The van der Waals surface area contributed by atoms with Crippen molar-refractivity contribution in [2.24, 2.45) is 11.7 Å². The maximum absolute atomic E-state index is 11.6. The molecule has 1 amide bonds. The van der Waals surface area contributed by atoms with Crippen LogP contribution in [-0.4, -0.2) is 35.8 Å². The molecular weight excluding hydrogens is 224 g/mol. The summed E-state index contributed by atoms with van der Waals surface area (Å²) in [6.07, 6.45) is 0.647. The molecule has 0 unspecified atom stereocenters. The fourth-order valence-corrected chi connectivity index (χ4v) is 2.94. The molecule has 0 radical (unpaired) electrons. The van der Waals surface area contributed by atoms with Gasteiger partial charge in [0.1, 0.15) is 5.60 Å². The van der Waals surface area contributed by atoms with E-state index in [1.54, 1.807) is 0 Å². The number of ether oxygens (including phenoxy) is 1. The van der Waals surface area contributed by atoms with Gasteiger partial charge in [0, 0.05) is 12.0 Å². The third-order valence-electron chi connectivity index (χ3n) is 2.48. The van der Waals surface area contributed by atoms with Crippen LogP contribution in [0, 0.1) is 5.92 Å². The van der Waals surface area contributed by atoms with Crippen molar-refractivity contribution in [1.82, 2.24) is 5.32 Å². The number of amides is 1. The van der Waals surface area contributed by atoms with Gasteiger partial charge in [0.25, 0.3) is 0 Å². The van der Waals surface area contributed by atoms with Crippen molar-refractivity contribution < 1.29 is 9.53 Å². The van der Waals surface area contributed by atoms with Crippen molar-refractivity contribution in [2.75, 3.05) is 18.1 Å². The molecule has 0 aliphatic carbocycles. The first-order valence-electron chi connectivity index (χ1n) is 5.69. The molecule has 3 N–H and O–H groups in total. The Morgan fingerprint density at radius 3 is 2.81 bits per heavy atom. The molecule has 5 heteroatoms. The second kappa shape index (κ2) is 5.77. The lowest BCUT2D eigenvalue weighted by Gasteiger charge is -2.31. The number of hydrogen-bond acceptors (Lipinski definition) is 4. The van der Waals surface area contributed by atoms with Gasteiger partial charge in [0.15, 0.2) is 0 Å². The highest BCUT2D eigenvalue weighted by atomic mass is 32.2. The van der Waals surface area contributed by atoms with Crippen LogP contribution in [0.4, 0.5) is 4.79 Å². The second-order valence-corrected chi connectivity index (χ2v) is 6.26. The minimum Gasteiger partial charge on any atom is -0.444 e. The van der Waals surface area contributed by atoms with E-state index in [9.17, 15) is 4.79 Å². The molecule has 0 saturated carbocycles. The maximum Gasteiger partial charge on any atom is 0.407 e. The molecule has 4 nitrogen and oxygen atoms in total. The van der Waals surface area contributed by atoms with E-state index < -0.39 is 5.60 Å². The van der Waals surface area contributed by atoms with E-state index >= 15 is 0 Å². The molecule has 0 aromatic heterocycles. The molecule has 1 heterocycles. The standard InChI is InChI=1S/C11H22N2O2S/c1-11(2,3)15-10(14)13-9-4-5-16-7-8(9)6-12/h8-9H,4-7,12H2,1-3H3,(H,13,14)/t8-,9+/m0/s1. The molecule has 1 aliphatic heterocycles. The second-order valence-electron chi connectivity index (χ2n) is 5.11. The lowest BCUT2D eigenvalue weighted by molar-refractivity contribution is 0.0487. The summed E-state index contributed by atoms with van der Waals surface area (Å²) in [6, 6.07) is 0.168. The summed E-state index contributed by atoms with van der Waals surface area (Å²) < 4.78 is 5.24. The molecule has 0 bridgehead atoms. The third-order valence-corrected chi connectivity index (χ3v) is 3.67.